The van der Waals surface area contributed by atoms with Crippen molar-refractivity contribution < 1.29 is 28.0 Å². The molecule has 1 aliphatic carbocycles. The van der Waals surface area contributed by atoms with Crippen LogP contribution in [0.4, 0.5) is 14.5 Å². The summed E-state index contributed by atoms with van der Waals surface area (Å²) in [5.74, 6) is -0.639. The van der Waals surface area contributed by atoms with E-state index in [1.165, 1.54) is 25.3 Å². The van der Waals surface area contributed by atoms with Crippen LogP contribution in [-0.2, 0) is 4.79 Å². The van der Waals surface area contributed by atoms with Gasteiger partial charge < -0.3 is 14.8 Å². The summed E-state index contributed by atoms with van der Waals surface area (Å²) in [5, 5.41) is 14.3. The standard InChI is InChI=1S/C22H22F2N2O5/c1-13-3-5-14(6-4-13)21(15-7-8-15)25-20(27)10-9-16-11-18(30-2)19(31-22(23)24)12-17(16)26(28)29/h3-6,9-12,15,21-22H,7-8H2,1-2H3,(H,25,27)/b10-9+. The molecular formula is C22H22F2N2O5. The van der Waals surface area contributed by atoms with Gasteiger partial charge in [-0.15, -0.1) is 0 Å². The maximum atomic E-state index is 12.6. The SMILES string of the molecule is COc1cc(/C=C/C(=O)NC(c2ccc(C)cc2)C2CC2)c([N+](=O)[O-])cc1OC(F)F. The number of amides is 1. The zero-order valence-corrected chi connectivity index (χ0v) is 17.0. The number of halogens is 2. The number of hydrogen-bond acceptors (Lipinski definition) is 5. The largest absolute Gasteiger partial charge is 0.493 e. The van der Waals surface area contributed by atoms with Crippen LogP contribution in [0, 0.1) is 23.0 Å². The van der Waals surface area contributed by atoms with Crippen molar-refractivity contribution in [3.63, 3.8) is 0 Å². The van der Waals surface area contributed by atoms with Gasteiger partial charge in [-0.1, -0.05) is 29.8 Å². The van der Waals surface area contributed by atoms with Gasteiger partial charge >= 0.3 is 6.61 Å². The molecule has 0 spiro atoms. The van der Waals surface area contributed by atoms with Gasteiger partial charge in [-0.3, -0.25) is 14.9 Å². The Morgan fingerprint density at radius 2 is 1.90 bits per heavy atom. The number of alkyl halides is 2. The topological polar surface area (TPSA) is 90.7 Å². The second kappa shape index (κ2) is 9.55. The second-order valence-corrected chi connectivity index (χ2v) is 7.27. The van der Waals surface area contributed by atoms with E-state index in [0.717, 1.165) is 30.0 Å². The molecular weight excluding hydrogens is 410 g/mol. The highest BCUT2D eigenvalue weighted by Crippen LogP contribution is 2.41. The van der Waals surface area contributed by atoms with Crippen molar-refractivity contribution >= 4 is 17.7 Å². The van der Waals surface area contributed by atoms with E-state index < -0.39 is 28.9 Å². The third-order valence-corrected chi connectivity index (χ3v) is 4.97. The molecule has 1 N–H and O–H groups in total. The van der Waals surface area contributed by atoms with Crippen LogP contribution < -0.4 is 14.8 Å². The molecule has 1 fully saturated rings. The summed E-state index contributed by atoms with van der Waals surface area (Å²) in [6, 6.07) is 9.78. The fourth-order valence-corrected chi connectivity index (χ4v) is 3.25. The van der Waals surface area contributed by atoms with Crippen molar-refractivity contribution in [2.45, 2.75) is 32.4 Å². The predicted octanol–water partition coefficient (Wildman–Crippen LogP) is 4.79. The van der Waals surface area contributed by atoms with Crippen LogP contribution in [0.1, 0.15) is 35.6 Å². The van der Waals surface area contributed by atoms with Crippen molar-refractivity contribution in [1.82, 2.24) is 5.32 Å². The smallest absolute Gasteiger partial charge is 0.387 e. The highest BCUT2D eigenvalue weighted by Gasteiger charge is 2.33. The first-order valence-electron chi connectivity index (χ1n) is 9.65. The van der Waals surface area contributed by atoms with Crippen LogP contribution in [0.3, 0.4) is 0 Å². The number of hydrogen-bond donors (Lipinski definition) is 1. The predicted molar refractivity (Wildman–Crippen MR) is 110 cm³/mol. The van der Waals surface area contributed by atoms with Gasteiger partial charge in [0, 0.05) is 6.08 Å². The lowest BCUT2D eigenvalue weighted by Crippen LogP contribution is -2.28. The lowest BCUT2D eigenvalue weighted by Gasteiger charge is -2.18. The van der Waals surface area contributed by atoms with Gasteiger partial charge in [0.1, 0.15) is 0 Å². The highest BCUT2D eigenvalue weighted by atomic mass is 19.3. The normalized spacial score (nSPS) is 14.5. The molecule has 164 valence electrons. The third kappa shape index (κ3) is 5.78. The molecule has 1 atom stereocenters. The van der Waals surface area contributed by atoms with E-state index in [2.05, 4.69) is 10.1 Å². The number of ether oxygens (including phenoxy) is 2. The summed E-state index contributed by atoms with van der Waals surface area (Å²) >= 11 is 0. The molecule has 0 saturated heterocycles. The number of methoxy groups -OCH3 is 1. The Hall–Kier alpha value is -3.49. The van der Waals surface area contributed by atoms with Crippen molar-refractivity contribution in [2.24, 2.45) is 5.92 Å². The molecule has 2 aromatic carbocycles. The lowest BCUT2D eigenvalue weighted by molar-refractivity contribution is -0.385. The lowest BCUT2D eigenvalue weighted by atomic mass is 10.0. The maximum absolute atomic E-state index is 12.6. The summed E-state index contributed by atoms with van der Waals surface area (Å²) in [6.45, 7) is -1.18. The summed E-state index contributed by atoms with van der Waals surface area (Å²) in [4.78, 5) is 23.2. The third-order valence-electron chi connectivity index (χ3n) is 4.97. The minimum absolute atomic E-state index is 0.0249. The second-order valence-electron chi connectivity index (χ2n) is 7.27. The molecule has 1 unspecified atom stereocenters. The van der Waals surface area contributed by atoms with Crippen LogP contribution in [0.5, 0.6) is 11.5 Å². The van der Waals surface area contributed by atoms with Gasteiger partial charge in [0.25, 0.3) is 5.69 Å². The zero-order chi connectivity index (χ0) is 22.5. The van der Waals surface area contributed by atoms with Crippen LogP contribution in [0.15, 0.2) is 42.5 Å². The van der Waals surface area contributed by atoms with Crippen molar-refractivity contribution in [2.75, 3.05) is 7.11 Å². The molecule has 7 nitrogen and oxygen atoms in total. The molecule has 0 bridgehead atoms. The number of nitro benzene ring substituents is 1. The number of benzene rings is 2. The number of rotatable bonds is 9. The van der Waals surface area contributed by atoms with E-state index in [4.69, 9.17) is 4.74 Å². The van der Waals surface area contributed by atoms with Crippen LogP contribution in [0.25, 0.3) is 6.08 Å². The van der Waals surface area contributed by atoms with Gasteiger partial charge in [-0.05, 0) is 43.4 Å². The van der Waals surface area contributed by atoms with E-state index in [9.17, 15) is 23.7 Å². The van der Waals surface area contributed by atoms with Crippen molar-refractivity contribution in [3.8, 4) is 11.5 Å². The molecule has 0 aliphatic heterocycles. The molecule has 0 aromatic heterocycles. The Morgan fingerprint density at radius 3 is 2.45 bits per heavy atom. The number of carbonyl (C=O) groups excluding carboxylic acids is 1. The Labute approximate surface area is 177 Å². The minimum Gasteiger partial charge on any atom is -0.493 e. The number of nitrogens with zero attached hydrogens (tertiary/aromatic N) is 1. The molecule has 31 heavy (non-hydrogen) atoms. The molecule has 9 heteroatoms. The van der Waals surface area contributed by atoms with Crippen LogP contribution in [0.2, 0.25) is 0 Å². The number of nitrogens with one attached hydrogen (secondary N) is 1. The van der Waals surface area contributed by atoms with Gasteiger partial charge in [0.05, 0.1) is 29.7 Å². The maximum Gasteiger partial charge on any atom is 0.387 e. The van der Waals surface area contributed by atoms with Crippen LogP contribution in [-0.4, -0.2) is 24.6 Å². The molecule has 1 amide bonds. The monoisotopic (exact) mass is 432 g/mol. The first-order chi connectivity index (χ1) is 14.8. The fourth-order valence-electron chi connectivity index (χ4n) is 3.25. The Balaban J connectivity index is 1.81. The summed E-state index contributed by atoms with van der Waals surface area (Å²) in [6.07, 6.45) is 4.45. The average molecular weight is 432 g/mol. The van der Waals surface area contributed by atoms with E-state index >= 15 is 0 Å². The van der Waals surface area contributed by atoms with Gasteiger partial charge in [-0.25, -0.2) is 0 Å². The minimum atomic E-state index is -3.16. The van der Waals surface area contributed by atoms with E-state index in [-0.39, 0.29) is 17.4 Å². The van der Waals surface area contributed by atoms with Gasteiger partial charge in [0.2, 0.25) is 5.91 Å². The van der Waals surface area contributed by atoms with Crippen molar-refractivity contribution in [3.05, 3.63) is 69.3 Å². The first kappa shape index (κ1) is 22.2. The Kier molecular flexibility index (Phi) is 6.84. The van der Waals surface area contributed by atoms with Crippen LogP contribution >= 0.6 is 0 Å². The number of carbonyl (C=O) groups is 1. The zero-order valence-electron chi connectivity index (χ0n) is 17.0. The summed E-state index contributed by atoms with van der Waals surface area (Å²) in [7, 11) is 1.22. The molecule has 1 aliphatic rings. The average Bonchev–Trinajstić information content (AvgIpc) is 3.56. The fraction of sp³-hybridized carbons (Fsp3) is 0.318. The molecule has 3 rings (SSSR count). The highest BCUT2D eigenvalue weighted by molar-refractivity contribution is 5.92. The molecule has 1 saturated carbocycles. The molecule has 0 radical (unpaired) electrons. The number of aryl methyl sites for hydroxylation is 1. The Bertz CT molecular complexity index is 988. The summed E-state index contributed by atoms with van der Waals surface area (Å²) < 4.78 is 34.4. The first-order valence-corrected chi connectivity index (χ1v) is 9.65. The summed E-state index contributed by atoms with van der Waals surface area (Å²) in [5.41, 5.74) is 1.65. The van der Waals surface area contributed by atoms with Gasteiger partial charge in [-0.2, -0.15) is 8.78 Å². The van der Waals surface area contributed by atoms with Crippen molar-refractivity contribution in [1.29, 1.82) is 0 Å². The van der Waals surface area contributed by atoms with E-state index in [0.29, 0.717) is 5.92 Å². The quantitative estimate of drug-likeness (QED) is 0.349. The van der Waals surface area contributed by atoms with Gasteiger partial charge in [0.15, 0.2) is 11.5 Å². The molecule has 0 heterocycles. The number of nitro groups is 1. The van der Waals surface area contributed by atoms with E-state index in [1.807, 2.05) is 31.2 Å². The molecule has 2 aromatic rings. The van der Waals surface area contributed by atoms with E-state index in [1.54, 1.807) is 0 Å². The Morgan fingerprint density at radius 1 is 1.23 bits per heavy atom.